The molecule has 0 radical (unpaired) electrons. The lowest BCUT2D eigenvalue weighted by Gasteiger charge is -2.15. The molecule has 0 heterocycles. The molecule has 0 spiro atoms. The summed E-state index contributed by atoms with van der Waals surface area (Å²) in [5.41, 5.74) is -1.17. The highest BCUT2D eigenvalue weighted by atomic mass is 19.1. The van der Waals surface area contributed by atoms with Crippen LogP contribution in [-0.2, 0) is 0 Å². The third-order valence-electron chi connectivity index (χ3n) is 2.85. The fourth-order valence-corrected chi connectivity index (χ4v) is 1.80. The number of benzene rings is 2. The van der Waals surface area contributed by atoms with Crippen LogP contribution in [0.25, 0.3) is 0 Å². The smallest absolute Gasteiger partial charge is 0.132 e. The molecule has 0 amide bonds. The standard InChI is InChI=1S/C14H10F4O/c1-7-5-12(18)8(6-11(7)17)14(19)13-9(15)3-2-4-10(13)16/h2-6,14,19H,1H3. The molecule has 0 bridgehead atoms. The molecule has 0 fully saturated rings. The van der Waals surface area contributed by atoms with Gasteiger partial charge in [-0.3, -0.25) is 0 Å². The summed E-state index contributed by atoms with van der Waals surface area (Å²) in [6.45, 7) is 1.35. The molecule has 0 aliphatic carbocycles. The van der Waals surface area contributed by atoms with Crippen LogP contribution in [0.1, 0.15) is 22.8 Å². The minimum Gasteiger partial charge on any atom is -0.383 e. The number of aliphatic hydroxyl groups excluding tert-OH is 1. The molecule has 0 saturated heterocycles. The second-order valence-electron chi connectivity index (χ2n) is 4.16. The highest BCUT2D eigenvalue weighted by Crippen LogP contribution is 2.29. The molecule has 1 atom stereocenters. The third-order valence-corrected chi connectivity index (χ3v) is 2.85. The third kappa shape index (κ3) is 2.46. The van der Waals surface area contributed by atoms with Crippen LogP contribution in [0.3, 0.4) is 0 Å². The zero-order valence-corrected chi connectivity index (χ0v) is 9.92. The van der Waals surface area contributed by atoms with Crippen LogP contribution >= 0.6 is 0 Å². The average Bonchev–Trinajstić information content (AvgIpc) is 2.33. The van der Waals surface area contributed by atoms with Gasteiger partial charge in [0.25, 0.3) is 0 Å². The summed E-state index contributed by atoms with van der Waals surface area (Å²) in [7, 11) is 0. The van der Waals surface area contributed by atoms with Crippen molar-refractivity contribution in [2.24, 2.45) is 0 Å². The molecular weight excluding hydrogens is 260 g/mol. The van der Waals surface area contributed by atoms with Crippen LogP contribution in [0.2, 0.25) is 0 Å². The van der Waals surface area contributed by atoms with Gasteiger partial charge >= 0.3 is 0 Å². The van der Waals surface area contributed by atoms with E-state index in [0.717, 1.165) is 30.3 Å². The van der Waals surface area contributed by atoms with Gasteiger partial charge in [0, 0.05) is 5.56 Å². The maximum atomic E-state index is 13.7. The minimum absolute atomic E-state index is 0.0439. The van der Waals surface area contributed by atoms with E-state index in [4.69, 9.17) is 0 Å². The van der Waals surface area contributed by atoms with E-state index in [1.165, 1.54) is 6.92 Å². The summed E-state index contributed by atoms with van der Waals surface area (Å²) in [5.74, 6) is -3.72. The summed E-state index contributed by atoms with van der Waals surface area (Å²) in [5, 5.41) is 9.86. The Morgan fingerprint density at radius 3 is 2.05 bits per heavy atom. The first-order chi connectivity index (χ1) is 8.91. The van der Waals surface area contributed by atoms with E-state index in [1.807, 2.05) is 0 Å². The van der Waals surface area contributed by atoms with E-state index in [0.29, 0.717) is 0 Å². The average molecular weight is 270 g/mol. The Bertz CT molecular complexity index is 605. The van der Waals surface area contributed by atoms with Gasteiger partial charge in [-0.2, -0.15) is 0 Å². The van der Waals surface area contributed by atoms with E-state index in [2.05, 4.69) is 0 Å². The highest BCUT2D eigenvalue weighted by Gasteiger charge is 2.23. The van der Waals surface area contributed by atoms with Crippen LogP contribution in [0.4, 0.5) is 17.6 Å². The fourth-order valence-electron chi connectivity index (χ4n) is 1.80. The quantitative estimate of drug-likeness (QED) is 0.826. The van der Waals surface area contributed by atoms with Gasteiger partial charge in [0.1, 0.15) is 29.4 Å². The lowest BCUT2D eigenvalue weighted by molar-refractivity contribution is 0.203. The van der Waals surface area contributed by atoms with Crippen molar-refractivity contribution in [1.29, 1.82) is 0 Å². The fraction of sp³-hybridized carbons (Fsp3) is 0.143. The first-order valence-electron chi connectivity index (χ1n) is 5.49. The summed E-state index contributed by atoms with van der Waals surface area (Å²) in [4.78, 5) is 0. The number of aliphatic hydroxyl groups is 1. The van der Waals surface area contributed by atoms with Gasteiger partial charge < -0.3 is 5.11 Å². The largest absolute Gasteiger partial charge is 0.383 e. The van der Waals surface area contributed by atoms with Crippen LogP contribution in [0, 0.1) is 30.2 Å². The summed E-state index contributed by atoms with van der Waals surface area (Å²) < 4.78 is 54.0. The van der Waals surface area contributed by atoms with E-state index in [9.17, 15) is 22.7 Å². The van der Waals surface area contributed by atoms with Crippen LogP contribution in [0.5, 0.6) is 0 Å². The molecule has 0 aromatic heterocycles. The molecule has 100 valence electrons. The molecule has 19 heavy (non-hydrogen) atoms. The number of rotatable bonds is 2. The molecule has 0 aliphatic heterocycles. The van der Waals surface area contributed by atoms with Crippen molar-refractivity contribution in [2.75, 3.05) is 0 Å². The lowest BCUT2D eigenvalue weighted by Crippen LogP contribution is -2.08. The number of hydrogen-bond donors (Lipinski definition) is 1. The number of halogens is 4. The van der Waals surface area contributed by atoms with Gasteiger partial charge in [0.2, 0.25) is 0 Å². The Morgan fingerprint density at radius 1 is 0.895 bits per heavy atom. The van der Waals surface area contributed by atoms with E-state index in [-0.39, 0.29) is 5.56 Å². The maximum absolute atomic E-state index is 13.7. The van der Waals surface area contributed by atoms with Crippen LogP contribution in [0.15, 0.2) is 30.3 Å². The predicted molar refractivity (Wildman–Crippen MR) is 61.5 cm³/mol. The van der Waals surface area contributed by atoms with Crippen molar-refractivity contribution in [3.8, 4) is 0 Å². The predicted octanol–water partition coefficient (Wildman–Crippen LogP) is 3.63. The Hall–Kier alpha value is -1.88. The second kappa shape index (κ2) is 5.01. The van der Waals surface area contributed by atoms with Gasteiger partial charge in [-0.1, -0.05) is 6.07 Å². The Morgan fingerprint density at radius 2 is 1.47 bits per heavy atom. The highest BCUT2D eigenvalue weighted by molar-refractivity contribution is 5.35. The topological polar surface area (TPSA) is 20.2 Å². The van der Waals surface area contributed by atoms with Crippen LogP contribution < -0.4 is 0 Å². The van der Waals surface area contributed by atoms with E-state index < -0.39 is 40.5 Å². The second-order valence-corrected chi connectivity index (χ2v) is 4.16. The van der Waals surface area contributed by atoms with Gasteiger partial charge in [-0.15, -0.1) is 0 Å². The SMILES string of the molecule is Cc1cc(F)c(C(O)c2c(F)cccc2F)cc1F. The molecule has 2 rings (SSSR count). The molecule has 0 saturated carbocycles. The Labute approximate surface area is 107 Å². The Balaban J connectivity index is 2.56. The lowest BCUT2D eigenvalue weighted by atomic mass is 9.98. The van der Waals surface area contributed by atoms with Crippen molar-refractivity contribution in [1.82, 2.24) is 0 Å². The molecule has 2 aromatic carbocycles. The molecule has 5 heteroatoms. The minimum atomic E-state index is -1.91. The molecule has 2 aromatic rings. The number of aryl methyl sites for hydroxylation is 1. The Kier molecular flexibility index (Phi) is 3.57. The zero-order valence-electron chi connectivity index (χ0n) is 9.92. The molecule has 1 N–H and O–H groups in total. The first-order valence-corrected chi connectivity index (χ1v) is 5.49. The maximum Gasteiger partial charge on any atom is 0.132 e. The molecule has 0 aliphatic rings. The molecular formula is C14H10F4O. The van der Waals surface area contributed by atoms with Crippen molar-refractivity contribution in [3.63, 3.8) is 0 Å². The summed E-state index contributed by atoms with van der Waals surface area (Å²) in [6, 6.07) is 4.59. The summed E-state index contributed by atoms with van der Waals surface area (Å²) >= 11 is 0. The molecule has 1 unspecified atom stereocenters. The van der Waals surface area contributed by atoms with Crippen molar-refractivity contribution in [2.45, 2.75) is 13.0 Å². The van der Waals surface area contributed by atoms with Gasteiger partial charge in [-0.25, -0.2) is 17.6 Å². The summed E-state index contributed by atoms with van der Waals surface area (Å²) in [6.07, 6.45) is -1.91. The van der Waals surface area contributed by atoms with Gasteiger partial charge in [0.15, 0.2) is 0 Å². The van der Waals surface area contributed by atoms with Gasteiger partial charge in [-0.05, 0) is 36.8 Å². The normalized spacial score (nSPS) is 12.5. The van der Waals surface area contributed by atoms with Crippen molar-refractivity contribution < 1.29 is 22.7 Å². The van der Waals surface area contributed by atoms with E-state index in [1.54, 1.807) is 0 Å². The monoisotopic (exact) mass is 270 g/mol. The van der Waals surface area contributed by atoms with E-state index >= 15 is 0 Å². The van der Waals surface area contributed by atoms with Crippen molar-refractivity contribution in [3.05, 3.63) is 70.3 Å². The zero-order chi connectivity index (χ0) is 14.2. The van der Waals surface area contributed by atoms with Gasteiger partial charge in [0.05, 0.1) is 5.56 Å². The first kappa shape index (κ1) is 13.5. The molecule has 1 nitrogen and oxygen atoms in total. The van der Waals surface area contributed by atoms with Crippen LogP contribution in [-0.4, -0.2) is 5.11 Å². The van der Waals surface area contributed by atoms with Crippen molar-refractivity contribution >= 4 is 0 Å². The number of hydrogen-bond acceptors (Lipinski definition) is 1.